The van der Waals surface area contributed by atoms with Gasteiger partial charge in [0.25, 0.3) is 0 Å². The Hall–Kier alpha value is -0.850. The van der Waals surface area contributed by atoms with Crippen molar-refractivity contribution in [3.05, 3.63) is 22.3 Å². The fourth-order valence-corrected chi connectivity index (χ4v) is 3.15. The number of hydrogen-bond donors (Lipinski definition) is 0. The van der Waals surface area contributed by atoms with Gasteiger partial charge >= 0.3 is 0 Å². The van der Waals surface area contributed by atoms with Gasteiger partial charge in [-0.2, -0.15) is 0 Å². The fourth-order valence-electron chi connectivity index (χ4n) is 3.15. The Bertz CT molecular complexity index is 385. The van der Waals surface area contributed by atoms with Crippen molar-refractivity contribution in [2.45, 2.75) is 80.1 Å². The van der Waals surface area contributed by atoms with E-state index >= 15 is 0 Å². The number of hydrogen-bond acceptors (Lipinski definition) is 1. The summed E-state index contributed by atoms with van der Waals surface area (Å²) in [6, 6.07) is 0. The molecule has 0 spiro atoms. The first kappa shape index (κ1) is 16.2. The van der Waals surface area contributed by atoms with Gasteiger partial charge in [-0.15, -0.1) is 0 Å². The van der Waals surface area contributed by atoms with Crippen LogP contribution >= 0.6 is 0 Å². The predicted molar refractivity (Wildman–Crippen MR) is 83.2 cm³/mol. The Balaban J connectivity index is 2.67. The highest BCUT2D eigenvalue weighted by atomic mass is 16.1. The lowest BCUT2D eigenvalue weighted by Gasteiger charge is -2.27. The molecular weight excluding hydrogens is 232 g/mol. The maximum absolute atomic E-state index is 12.6. The molecule has 0 saturated heterocycles. The lowest BCUT2D eigenvalue weighted by atomic mass is 9.74. The third kappa shape index (κ3) is 3.01. The standard InChI is InChI=1S/C18H30O/c1-7-8-9-10-11-12-17(19)18(6)15(4)13(2)14(3)16(18)5/h7-12H2,1-6H3. The molecule has 1 rings (SSSR count). The predicted octanol–water partition coefficient (Wildman–Crippen LogP) is 5.61. The van der Waals surface area contributed by atoms with Crippen molar-refractivity contribution < 1.29 is 4.79 Å². The van der Waals surface area contributed by atoms with Crippen LogP contribution < -0.4 is 0 Å². The van der Waals surface area contributed by atoms with Crippen LogP contribution in [0.3, 0.4) is 0 Å². The first-order valence-corrected chi connectivity index (χ1v) is 7.76. The highest BCUT2D eigenvalue weighted by Gasteiger charge is 2.41. The molecule has 0 aliphatic heterocycles. The minimum Gasteiger partial charge on any atom is -0.298 e. The highest BCUT2D eigenvalue weighted by Crippen LogP contribution is 2.47. The van der Waals surface area contributed by atoms with Gasteiger partial charge in [-0.25, -0.2) is 0 Å². The highest BCUT2D eigenvalue weighted by molar-refractivity contribution is 5.92. The summed E-state index contributed by atoms with van der Waals surface area (Å²) in [7, 11) is 0. The van der Waals surface area contributed by atoms with Crippen molar-refractivity contribution in [3.8, 4) is 0 Å². The summed E-state index contributed by atoms with van der Waals surface area (Å²) < 4.78 is 0. The largest absolute Gasteiger partial charge is 0.298 e. The molecule has 0 bridgehead atoms. The molecule has 0 fully saturated rings. The van der Waals surface area contributed by atoms with Crippen LogP contribution in [-0.2, 0) is 4.79 Å². The molecule has 0 unspecified atom stereocenters. The normalized spacial score (nSPS) is 18.4. The Labute approximate surface area is 119 Å². The molecule has 1 nitrogen and oxygen atoms in total. The maximum Gasteiger partial charge on any atom is 0.146 e. The van der Waals surface area contributed by atoms with Crippen LogP contribution in [0.2, 0.25) is 0 Å². The van der Waals surface area contributed by atoms with Gasteiger partial charge in [0.2, 0.25) is 0 Å². The quantitative estimate of drug-likeness (QED) is 0.545. The van der Waals surface area contributed by atoms with E-state index in [1.807, 2.05) is 0 Å². The molecule has 1 aliphatic rings. The fraction of sp³-hybridized carbons (Fsp3) is 0.722. The second kappa shape index (κ2) is 6.54. The second-order valence-electron chi connectivity index (χ2n) is 6.21. The van der Waals surface area contributed by atoms with Crippen LogP contribution in [0.25, 0.3) is 0 Å². The zero-order valence-electron chi connectivity index (χ0n) is 13.7. The summed E-state index contributed by atoms with van der Waals surface area (Å²) in [5.41, 5.74) is 4.85. The van der Waals surface area contributed by atoms with Crippen molar-refractivity contribution in [1.82, 2.24) is 0 Å². The van der Waals surface area contributed by atoms with Crippen LogP contribution in [0.4, 0.5) is 0 Å². The summed E-state index contributed by atoms with van der Waals surface area (Å²) in [4.78, 5) is 12.6. The summed E-state index contributed by atoms with van der Waals surface area (Å²) in [6.45, 7) is 12.9. The van der Waals surface area contributed by atoms with Gasteiger partial charge in [0.05, 0.1) is 5.41 Å². The van der Waals surface area contributed by atoms with E-state index < -0.39 is 0 Å². The van der Waals surface area contributed by atoms with Gasteiger partial charge in [0.15, 0.2) is 0 Å². The summed E-state index contributed by atoms with van der Waals surface area (Å²) in [6.07, 6.45) is 6.79. The van der Waals surface area contributed by atoms with E-state index in [1.54, 1.807) is 0 Å². The number of rotatable bonds is 7. The van der Waals surface area contributed by atoms with Gasteiger partial charge < -0.3 is 0 Å². The number of carbonyl (C=O) groups excluding carboxylic acids is 1. The third-order valence-corrected chi connectivity index (χ3v) is 5.25. The van der Waals surface area contributed by atoms with E-state index in [2.05, 4.69) is 41.5 Å². The SMILES string of the molecule is CCCCCCCC(=O)C1(C)C(C)=C(C)C(C)=C1C. The molecule has 0 saturated carbocycles. The van der Waals surface area contributed by atoms with Crippen LogP contribution in [0.5, 0.6) is 0 Å². The first-order chi connectivity index (χ1) is 8.87. The van der Waals surface area contributed by atoms with E-state index in [4.69, 9.17) is 0 Å². The van der Waals surface area contributed by atoms with E-state index in [9.17, 15) is 4.79 Å². The monoisotopic (exact) mass is 262 g/mol. The zero-order valence-corrected chi connectivity index (χ0v) is 13.7. The Kier molecular flexibility index (Phi) is 5.58. The van der Waals surface area contributed by atoms with Gasteiger partial charge in [-0.05, 0) is 52.2 Å². The van der Waals surface area contributed by atoms with E-state index in [-0.39, 0.29) is 5.41 Å². The molecule has 1 aliphatic carbocycles. The smallest absolute Gasteiger partial charge is 0.146 e. The van der Waals surface area contributed by atoms with E-state index in [0.29, 0.717) is 5.78 Å². The second-order valence-corrected chi connectivity index (χ2v) is 6.21. The molecule has 1 heteroatoms. The maximum atomic E-state index is 12.6. The molecule has 19 heavy (non-hydrogen) atoms. The topological polar surface area (TPSA) is 17.1 Å². The lowest BCUT2D eigenvalue weighted by Crippen LogP contribution is -2.28. The average molecular weight is 262 g/mol. The molecule has 0 aromatic heterocycles. The van der Waals surface area contributed by atoms with Crippen LogP contribution in [0.15, 0.2) is 22.3 Å². The number of unbranched alkanes of at least 4 members (excludes halogenated alkanes) is 4. The Morgan fingerprint density at radius 1 is 0.895 bits per heavy atom. The van der Waals surface area contributed by atoms with Crippen LogP contribution in [0, 0.1) is 5.41 Å². The molecule has 0 atom stereocenters. The van der Waals surface area contributed by atoms with Gasteiger partial charge in [-0.3, -0.25) is 4.79 Å². The summed E-state index contributed by atoms with van der Waals surface area (Å²) in [5, 5.41) is 0. The summed E-state index contributed by atoms with van der Waals surface area (Å²) in [5.74, 6) is 0.412. The van der Waals surface area contributed by atoms with E-state index in [0.717, 1.165) is 12.8 Å². The van der Waals surface area contributed by atoms with Crippen molar-refractivity contribution >= 4 is 5.78 Å². The third-order valence-electron chi connectivity index (χ3n) is 5.25. The van der Waals surface area contributed by atoms with Gasteiger partial charge in [-0.1, -0.05) is 43.8 Å². The first-order valence-electron chi connectivity index (χ1n) is 7.76. The van der Waals surface area contributed by atoms with Gasteiger partial charge in [0.1, 0.15) is 5.78 Å². The molecule has 0 aromatic rings. The summed E-state index contributed by atoms with van der Waals surface area (Å²) >= 11 is 0. The minimum absolute atomic E-state index is 0.321. The van der Waals surface area contributed by atoms with Gasteiger partial charge in [0, 0.05) is 6.42 Å². The Morgan fingerprint density at radius 3 is 1.84 bits per heavy atom. The zero-order chi connectivity index (χ0) is 14.6. The number of carbonyl (C=O) groups is 1. The van der Waals surface area contributed by atoms with Crippen molar-refractivity contribution in [2.24, 2.45) is 5.41 Å². The molecule has 0 amide bonds. The number of allylic oxidation sites excluding steroid dienone is 4. The van der Waals surface area contributed by atoms with Crippen LogP contribution in [-0.4, -0.2) is 5.78 Å². The molecule has 0 aromatic carbocycles. The molecule has 0 radical (unpaired) electrons. The average Bonchev–Trinajstić information content (AvgIpc) is 2.55. The van der Waals surface area contributed by atoms with E-state index in [1.165, 1.54) is 48.0 Å². The Morgan fingerprint density at radius 2 is 1.37 bits per heavy atom. The number of Topliss-reactive ketones (excluding diaryl/α,β-unsaturated/α-hetero) is 1. The number of ketones is 1. The van der Waals surface area contributed by atoms with Crippen LogP contribution in [0.1, 0.15) is 80.1 Å². The minimum atomic E-state index is -0.321. The molecule has 108 valence electrons. The molecule has 0 N–H and O–H groups in total. The molecule has 0 heterocycles. The van der Waals surface area contributed by atoms with Crippen molar-refractivity contribution in [1.29, 1.82) is 0 Å². The molecular formula is C18H30O. The van der Waals surface area contributed by atoms with Crippen molar-refractivity contribution in [2.75, 3.05) is 0 Å². The van der Waals surface area contributed by atoms with Crippen molar-refractivity contribution in [3.63, 3.8) is 0 Å². The lowest BCUT2D eigenvalue weighted by molar-refractivity contribution is -0.124.